The van der Waals surface area contributed by atoms with E-state index in [4.69, 9.17) is 0 Å². The van der Waals surface area contributed by atoms with E-state index in [1.54, 1.807) is 12.5 Å². The first-order valence-corrected chi connectivity index (χ1v) is 6.88. The molecule has 0 aliphatic heterocycles. The minimum Gasteiger partial charge on any atom is -0.373 e. The maximum atomic E-state index is 4.39. The molecule has 0 aromatic carbocycles. The van der Waals surface area contributed by atoms with E-state index < -0.39 is 0 Å². The van der Waals surface area contributed by atoms with Crippen molar-refractivity contribution in [2.24, 2.45) is 0 Å². The van der Waals surface area contributed by atoms with Gasteiger partial charge in [0.2, 0.25) is 0 Å². The lowest BCUT2D eigenvalue weighted by molar-refractivity contribution is 0.559. The minimum atomic E-state index is 0.229. The molecule has 1 unspecified atom stereocenters. The van der Waals surface area contributed by atoms with Gasteiger partial charge >= 0.3 is 0 Å². The lowest BCUT2D eigenvalue weighted by Crippen LogP contribution is -2.24. The second-order valence-electron chi connectivity index (χ2n) is 5.16. The Labute approximate surface area is 119 Å². The summed E-state index contributed by atoms with van der Waals surface area (Å²) in [6.45, 7) is 7.20. The van der Waals surface area contributed by atoms with Gasteiger partial charge in [-0.1, -0.05) is 13.8 Å². The summed E-state index contributed by atoms with van der Waals surface area (Å²) in [5.41, 5.74) is 1.11. The summed E-state index contributed by atoms with van der Waals surface area (Å²) in [5, 5.41) is 10.8. The van der Waals surface area contributed by atoms with Crippen LogP contribution in [-0.4, -0.2) is 32.8 Å². The Hall–Kier alpha value is -2.11. The van der Waals surface area contributed by atoms with Gasteiger partial charge in [-0.25, -0.2) is 9.97 Å². The highest BCUT2D eigenvalue weighted by Crippen LogP contribution is 2.28. The predicted octanol–water partition coefficient (Wildman–Crippen LogP) is 2.34. The Morgan fingerprint density at radius 2 is 1.95 bits per heavy atom. The van der Waals surface area contributed by atoms with E-state index in [1.165, 1.54) is 0 Å². The van der Waals surface area contributed by atoms with Crippen LogP contribution in [0, 0.1) is 0 Å². The Balaban J connectivity index is 2.16. The van der Waals surface area contributed by atoms with Crippen LogP contribution in [0.15, 0.2) is 24.8 Å². The number of nitrogens with zero attached hydrogens (tertiary/aromatic N) is 4. The SMILES string of the molecule is CNc1ncnc(NC(C)Cn2cccn2)c1C(C)C. The fourth-order valence-corrected chi connectivity index (χ4v) is 2.22. The molecule has 2 heterocycles. The van der Waals surface area contributed by atoms with Gasteiger partial charge in [0.05, 0.1) is 6.54 Å². The zero-order valence-corrected chi connectivity index (χ0v) is 12.5. The van der Waals surface area contributed by atoms with Crippen LogP contribution < -0.4 is 10.6 Å². The summed E-state index contributed by atoms with van der Waals surface area (Å²) < 4.78 is 1.91. The highest BCUT2D eigenvalue weighted by atomic mass is 15.3. The molecule has 2 N–H and O–H groups in total. The third kappa shape index (κ3) is 3.26. The van der Waals surface area contributed by atoms with Crippen molar-refractivity contribution in [3.05, 3.63) is 30.4 Å². The normalized spacial score (nSPS) is 12.4. The van der Waals surface area contributed by atoms with Crippen molar-refractivity contribution in [2.45, 2.75) is 39.3 Å². The molecule has 0 saturated carbocycles. The van der Waals surface area contributed by atoms with Crippen molar-refractivity contribution in [1.82, 2.24) is 19.7 Å². The standard InChI is InChI=1S/C14H22N6/c1-10(2)12-13(15-4)16-9-17-14(12)19-11(3)8-20-7-5-6-18-20/h5-7,9-11H,8H2,1-4H3,(H2,15,16,17,19). The molecule has 108 valence electrons. The van der Waals surface area contributed by atoms with Gasteiger partial charge in [-0.15, -0.1) is 0 Å². The maximum Gasteiger partial charge on any atom is 0.135 e. The third-order valence-electron chi connectivity index (χ3n) is 3.10. The molecule has 2 rings (SSSR count). The summed E-state index contributed by atoms with van der Waals surface area (Å²) in [5.74, 6) is 2.11. The van der Waals surface area contributed by atoms with Crippen molar-refractivity contribution >= 4 is 11.6 Å². The van der Waals surface area contributed by atoms with Crippen molar-refractivity contribution in [2.75, 3.05) is 17.7 Å². The summed E-state index contributed by atoms with van der Waals surface area (Å²) >= 11 is 0. The molecular formula is C14H22N6. The summed E-state index contributed by atoms with van der Waals surface area (Å²) in [4.78, 5) is 8.67. The topological polar surface area (TPSA) is 67.7 Å². The Bertz CT molecular complexity index is 535. The fraction of sp³-hybridized carbons (Fsp3) is 0.500. The molecule has 2 aromatic rings. The van der Waals surface area contributed by atoms with Gasteiger partial charge in [0.25, 0.3) is 0 Å². The Morgan fingerprint density at radius 1 is 1.20 bits per heavy atom. The largest absolute Gasteiger partial charge is 0.373 e. The van der Waals surface area contributed by atoms with Gasteiger partial charge in [0.1, 0.15) is 18.0 Å². The van der Waals surface area contributed by atoms with E-state index in [0.717, 1.165) is 23.7 Å². The van der Waals surface area contributed by atoms with Crippen LogP contribution in [0.3, 0.4) is 0 Å². The number of hydrogen-bond donors (Lipinski definition) is 2. The molecule has 6 heteroatoms. The van der Waals surface area contributed by atoms with Crippen LogP contribution in [0.25, 0.3) is 0 Å². The quantitative estimate of drug-likeness (QED) is 0.846. The average Bonchev–Trinajstić information content (AvgIpc) is 2.90. The highest BCUT2D eigenvalue weighted by Gasteiger charge is 2.15. The van der Waals surface area contributed by atoms with E-state index in [9.17, 15) is 0 Å². The predicted molar refractivity (Wildman–Crippen MR) is 81.0 cm³/mol. The fourth-order valence-electron chi connectivity index (χ4n) is 2.22. The first-order valence-electron chi connectivity index (χ1n) is 6.88. The molecule has 20 heavy (non-hydrogen) atoms. The van der Waals surface area contributed by atoms with E-state index in [-0.39, 0.29) is 6.04 Å². The van der Waals surface area contributed by atoms with Crippen molar-refractivity contribution in [3.63, 3.8) is 0 Å². The number of rotatable bonds is 6. The van der Waals surface area contributed by atoms with Gasteiger partial charge in [-0.05, 0) is 18.9 Å². The molecule has 1 atom stereocenters. The third-order valence-corrected chi connectivity index (χ3v) is 3.10. The first kappa shape index (κ1) is 14.3. The average molecular weight is 274 g/mol. The monoisotopic (exact) mass is 274 g/mol. The van der Waals surface area contributed by atoms with Gasteiger partial charge in [-0.3, -0.25) is 4.68 Å². The van der Waals surface area contributed by atoms with Crippen molar-refractivity contribution in [3.8, 4) is 0 Å². The number of aromatic nitrogens is 4. The number of anilines is 2. The lowest BCUT2D eigenvalue weighted by atomic mass is 10.0. The van der Waals surface area contributed by atoms with Crippen LogP contribution in [0.4, 0.5) is 11.6 Å². The summed E-state index contributed by atoms with van der Waals surface area (Å²) in [6, 6.07) is 2.16. The number of hydrogen-bond acceptors (Lipinski definition) is 5. The van der Waals surface area contributed by atoms with Crippen LogP contribution >= 0.6 is 0 Å². The van der Waals surface area contributed by atoms with Gasteiger partial charge in [-0.2, -0.15) is 5.10 Å². The first-order chi connectivity index (χ1) is 9.61. The Kier molecular flexibility index (Phi) is 4.55. The Morgan fingerprint density at radius 3 is 2.55 bits per heavy atom. The van der Waals surface area contributed by atoms with Crippen LogP contribution in [0.2, 0.25) is 0 Å². The molecule has 0 fully saturated rings. The summed E-state index contributed by atoms with van der Waals surface area (Å²) in [7, 11) is 1.88. The second kappa shape index (κ2) is 6.36. The molecule has 0 radical (unpaired) electrons. The van der Waals surface area contributed by atoms with Crippen LogP contribution in [-0.2, 0) is 6.54 Å². The minimum absolute atomic E-state index is 0.229. The number of nitrogens with one attached hydrogen (secondary N) is 2. The zero-order valence-electron chi connectivity index (χ0n) is 12.5. The highest BCUT2D eigenvalue weighted by molar-refractivity contribution is 5.59. The molecule has 0 spiro atoms. The molecule has 6 nitrogen and oxygen atoms in total. The molecule has 2 aromatic heterocycles. The van der Waals surface area contributed by atoms with E-state index in [1.807, 2.05) is 24.0 Å². The van der Waals surface area contributed by atoms with E-state index in [2.05, 4.69) is 46.5 Å². The lowest BCUT2D eigenvalue weighted by Gasteiger charge is -2.20. The van der Waals surface area contributed by atoms with Gasteiger partial charge < -0.3 is 10.6 Å². The van der Waals surface area contributed by atoms with E-state index >= 15 is 0 Å². The molecule has 0 aliphatic carbocycles. The maximum absolute atomic E-state index is 4.39. The molecule has 0 saturated heterocycles. The molecular weight excluding hydrogens is 252 g/mol. The van der Waals surface area contributed by atoms with Crippen molar-refractivity contribution < 1.29 is 0 Å². The smallest absolute Gasteiger partial charge is 0.135 e. The van der Waals surface area contributed by atoms with Crippen LogP contribution in [0.1, 0.15) is 32.3 Å². The van der Waals surface area contributed by atoms with Crippen LogP contribution in [0.5, 0.6) is 0 Å². The van der Waals surface area contributed by atoms with E-state index in [0.29, 0.717) is 5.92 Å². The van der Waals surface area contributed by atoms with Gasteiger partial charge in [0.15, 0.2) is 0 Å². The zero-order chi connectivity index (χ0) is 14.5. The molecule has 0 bridgehead atoms. The molecule has 0 amide bonds. The second-order valence-corrected chi connectivity index (χ2v) is 5.16. The van der Waals surface area contributed by atoms with Gasteiger partial charge in [0, 0.05) is 31.0 Å². The molecule has 0 aliphatic rings. The summed E-state index contributed by atoms with van der Waals surface area (Å²) in [6.07, 6.45) is 5.33. The van der Waals surface area contributed by atoms with Crippen molar-refractivity contribution in [1.29, 1.82) is 0 Å².